The number of nitrogens with zero attached hydrogens (tertiary/aromatic N) is 3. The standard InChI is InChI=1S/C16H17N3OS/c1-11-4-6-13(7-5-11)10-21-16-18-17-15(19(16)3)14-8-9-20-12(14)2/h4-9H,10H2,1-3H3. The zero-order chi connectivity index (χ0) is 14.8. The first-order chi connectivity index (χ1) is 10.1. The van der Waals surface area contributed by atoms with Gasteiger partial charge in [-0.25, -0.2) is 0 Å². The smallest absolute Gasteiger partial charge is 0.191 e. The fraction of sp³-hybridized carbons (Fsp3) is 0.250. The van der Waals surface area contributed by atoms with E-state index in [1.165, 1.54) is 11.1 Å². The quantitative estimate of drug-likeness (QED) is 0.683. The Morgan fingerprint density at radius 1 is 1.10 bits per heavy atom. The number of furan rings is 1. The Balaban J connectivity index is 1.77. The van der Waals surface area contributed by atoms with Crippen molar-refractivity contribution in [2.45, 2.75) is 24.8 Å². The Bertz CT molecular complexity index is 743. The minimum absolute atomic E-state index is 0.840. The van der Waals surface area contributed by atoms with E-state index in [2.05, 4.69) is 41.4 Å². The minimum atomic E-state index is 0.840. The molecule has 1 aromatic carbocycles. The number of aryl methyl sites for hydroxylation is 2. The highest BCUT2D eigenvalue weighted by Crippen LogP contribution is 2.27. The van der Waals surface area contributed by atoms with Crippen LogP contribution in [0, 0.1) is 13.8 Å². The van der Waals surface area contributed by atoms with Gasteiger partial charge in [-0.2, -0.15) is 0 Å². The summed E-state index contributed by atoms with van der Waals surface area (Å²) in [7, 11) is 1.99. The molecule has 21 heavy (non-hydrogen) atoms. The summed E-state index contributed by atoms with van der Waals surface area (Å²) in [6.07, 6.45) is 1.68. The Kier molecular flexibility index (Phi) is 3.84. The highest BCUT2D eigenvalue weighted by Gasteiger charge is 2.14. The molecule has 0 spiro atoms. The lowest BCUT2D eigenvalue weighted by Gasteiger charge is -2.04. The monoisotopic (exact) mass is 299 g/mol. The third-order valence-electron chi connectivity index (χ3n) is 3.42. The molecule has 0 aliphatic carbocycles. The summed E-state index contributed by atoms with van der Waals surface area (Å²) in [6.45, 7) is 4.03. The first kappa shape index (κ1) is 13.9. The van der Waals surface area contributed by atoms with E-state index in [1.54, 1.807) is 18.0 Å². The lowest BCUT2D eigenvalue weighted by molar-refractivity contribution is 0.534. The molecular formula is C16H17N3OS. The highest BCUT2D eigenvalue weighted by atomic mass is 32.2. The molecule has 4 nitrogen and oxygen atoms in total. The number of rotatable bonds is 4. The maximum absolute atomic E-state index is 5.34. The molecular weight excluding hydrogens is 282 g/mol. The fourth-order valence-electron chi connectivity index (χ4n) is 2.12. The number of benzene rings is 1. The van der Waals surface area contributed by atoms with Gasteiger partial charge in [-0.3, -0.25) is 0 Å². The molecule has 0 aliphatic rings. The van der Waals surface area contributed by atoms with Gasteiger partial charge < -0.3 is 8.98 Å². The van der Waals surface area contributed by atoms with Crippen molar-refractivity contribution in [2.75, 3.05) is 0 Å². The van der Waals surface area contributed by atoms with Gasteiger partial charge >= 0.3 is 0 Å². The lowest BCUT2D eigenvalue weighted by atomic mass is 10.2. The van der Waals surface area contributed by atoms with Gasteiger partial charge in [-0.1, -0.05) is 41.6 Å². The summed E-state index contributed by atoms with van der Waals surface area (Å²) >= 11 is 1.69. The van der Waals surface area contributed by atoms with Crippen LogP contribution in [0.1, 0.15) is 16.9 Å². The summed E-state index contributed by atoms with van der Waals surface area (Å²) in [4.78, 5) is 0. The Labute approximate surface area is 128 Å². The van der Waals surface area contributed by atoms with Crippen molar-refractivity contribution < 1.29 is 4.42 Å². The minimum Gasteiger partial charge on any atom is -0.469 e. The average Bonchev–Trinajstić information content (AvgIpc) is 3.04. The van der Waals surface area contributed by atoms with Crippen LogP contribution in [-0.4, -0.2) is 14.8 Å². The molecule has 0 radical (unpaired) electrons. The van der Waals surface area contributed by atoms with E-state index < -0.39 is 0 Å². The van der Waals surface area contributed by atoms with E-state index in [1.807, 2.05) is 24.6 Å². The molecule has 0 fully saturated rings. The van der Waals surface area contributed by atoms with E-state index >= 15 is 0 Å². The Hall–Kier alpha value is -2.01. The topological polar surface area (TPSA) is 43.9 Å². The van der Waals surface area contributed by atoms with E-state index in [-0.39, 0.29) is 0 Å². The van der Waals surface area contributed by atoms with Crippen LogP contribution in [0.4, 0.5) is 0 Å². The van der Waals surface area contributed by atoms with Gasteiger partial charge in [0.15, 0.2) is 11.0 Å². The van der Waals surface area contributed by atoms with Crippen LogP contribution in [0.3, 0.4) is 0 Å². The van der Waals surface area contributed by atoms with E-state index in [0.717, 1.165) is 28.1 Å². The summed E-state index contributed by atoms with van der Waals surface area (Å²) in [5.41, 5.74) is 3.56. The maximum atomic E-state index is 5.34. The Morgan fingerprint density at radius 2 is 1.86 bits per heavy atom. The first-order valence-corrected chi connectivity index (χ1v) is 7.76. The predicted octanol–water partition coefficient (Wildman–Crippen LogP) is 3.98. The van der Waals surface area contributed by atoms with E-state index in [0.29, 0.717) is 0 Å². The van der Waals surface area contributed by atoms with Gasteiger partial charge in [0.05, 0.1) is 11.8 Å². The zero-order valence-corrected chi connectivity index (χ0v) is 13.1. The molecule has 5 heteroatoms. The third-order valence-corrected chi connectivity index (χ3v) is 4.51. The molecule has 0 saturated carbocycles. The molecule has 0 aliphatic heterocycles. The van der Waals surface area contributed by atoms with Crippen molar-refractivity contribution in [3.63, 3.8) is 0 Å². The molecule has 3 rings (SSSR count). The Morgan fingerprint density at radius 3 is 2.52 bits per heavy atom. The molecule has 0 N–H and O–H groups in total. The van der Waals surface area contributed by atoms with E-state index in [4.69, 9.17) is 4.42 Å². The van der Waals surface area contributed by atoms with Gasteiger partial charge in [0.25, 0.3) is 0 Å². The van der Waals surface area contributed by atoms with Gasteiger partial charge in [-0.05, 0) is 25.5 Å². The molecule has 0 amide bonds. The van der Waals surface area contributed by atoms with Crippen molar-refractivity contribution in [2.24, 2.45) is 7.05 Å². The van der Waals surface area contributed by atoms with Crippen molar-refractivity contribution in [3.05, 3.63) is 53.5 Å². The normalized spacial score (nSPS) is 11.0. The van der Waals surface area contributed by atoms with Crippen LogP contribution in [0.15, 0.2) is 46.2 Å². The van der Waals surface area contributed by atoms with Crippen LogP contribution in [0.5, 0.6) is 0 Å². The van der Waals surface area contributed by atoms with Crippen molar-refractivity contribution in [1.29, 1.82) is 0 Å². The molecule has 3 aromatic rings. The third kappa shape index (κ3) is 2.88. The maximum Gasteiger partial charge on any atom is 0.191 e. The highest BCUT2D eigenvalue weighted by molar-refractivity contribution is 7.98. The molecule has 2 heterocycles. The van der Waals surface area contributed by atoms with Crippen molar-refractivity contribution in [1.82, 2.24) is 14.8 Å². The van der Waals surface area contributed by atoms with E-state index in [9.17, 15) is 0 Å². The SMILES string of the molecule is Cc1ccc(CSc2nnc(-c3ccoc3C)n2C)cc1. The average molecular weight is 299 g/mol. The summed E-state index contributed by atoms with van der Waals surface area (Å²) in [5.74, 6) is 2.59. The summed E-state index contributed by atoms with van der Waals surface area (Å²) in [6, 6.07) is 10.5. The number of thioether (sulfide) groups is 1. The molecule has 0 saturated heterocycles. The number of hydrogen-bond donors (Lipinski definition) is 0. The van der Waals surface area contributed by atoms with Gasteiger partial charge in [0, 0.05) is 12.8 Å². The first-order valence-electron chi connectivity index (χ1n) is 6.77. The number of aromatic nitrogens is 3. The molecule has 108 valence electrons. The zero-order valence-electron chi connectivity index (χ0n) is 12.3. The van der Waals surface area contributed by atoms with Gasteiger partial charge in [0.1, 0.15) is 5.76 Å². The second-order valence-corrected chi connectivity index (χ2v) is 5.97. The second-order valence-electron chi connectivity index (χ2n) is 5.03. The molecule has 0 atom stereocenters. The van der Waals surface area contributed by atoms with Crippen LogP contribution in [0.25, 0.3) is 11.4 Å². The molecule has 0 bridgehead atoms. The van der Waals surface area contributed by atoms with Gasteiger partial charge in [-0.15, -0.1) is 10.2 Å². The van der Waals surface area contributed by atoms with Crippen LogP contribution in [-0.2, 0) is 12.8 Å². The van der Waals surface area contributed by atoms with Crippen LogP contribution >= 0.6 is 11.8 Å². The fourth-order valence-corrected chi connectivity index (χ4v) is 2.99. The van der Waals surface area contributed by atoms with Gasteiger partial charge in [0.2, 0.25) is 0 Å². The summed E-state index contributed by atoms with van der Waals surface area (Å²) in [5, 5.41) is 9.47. The van der Waals surface area contributed by atoms with Crippen molar-refractivity contribution >= 4 is 11.8 Å². The summed E-state index contributed by atoms with van der Waals surface area (Å²) < 4.78 is 7.35. The second kappa shape index (κ2) is 5.77. The molecule has 2 aromatic heterocycles. The predicted molar refractivity (Wildman–Crippen MR) is 84.2 cm³/mol. The van der Waals surface area contributed by atoms with Crippen molar-refractivity contribution in [3.8, 4) is 11.4 Å². The van der Waals surface area contributed by atoms with Crippen LogP contribution in [0.2, 0.25) is 0 Å². The van der Waals surface area contributed by atoms with Crippen LogP contribution < -0.4 is 0 Å². The number of hydrogen-bond acceptors (Lipinski definition) is 4. The molecule has 0 unspecified atom stereocenters. The lowest BCUT2D eigenvalue weighted by Crippen LogP contribution is -1.95. The largest absolute Gasteiger partial charge is 0.469 e.